The molecular formula is C24H21NO2P2. The maximum Gasteiger partial charge on any atom is 0.120 e. The van der Waals surface area contributed by atoms with Crippen molar-refractivity contribution in [1.82, 2.24) is 5.64 Å². The molecule has 0 heterocycles. The van der Waals surface area contributed by atoms with Gasteiger partial charge in [0.05, 0.1) is 0 Å². The van der Waals surface area contributed by atoms with E-state index in [2.05, 4.69) is 54.2 Å². The van der Waals surface area contributed by atoms with E-state index in [4.69, 9.17) is 9.25 Å². The molecule has 0 saturated heterocycles. The van der Waals surface area contributed by atoms with Gasteiger partial charge >= 0.3 is 0 Å². The molecule has 4 aromatic carbocycles. The van der Waals surface area contributed by atoms with Crippen LogP contribution in [0.4, 0.5) is 0 Å². The van der Waals surface area contributed by atoms with E-state index < -0.39 is 16.3 Å². The zero-order chi connectivity index (χ0) is 19.7. The summed E-state index contributed by atoms with van der Waals surface area (Å²) < 4.78 is 12.2. The SMILES string of the molecule is c1ccc(P(ONOP(c2ccccc2)c2ccccc2)c2ccccc2)cc1. The Morgan fingerprint density at radius 1 is 0.379 bits per heavy atom. The number of rotatable bonds is 8. The normalized spacial score (nSPS) is 11.1. The van der Waals surface area contributed by atoms with Gasteiger partial charge in [0.25, 0.3) is 0 Å². The maximum absolute atomic E-state index is 6.10. The van der Waals surface area contributed by atoms with Crippen molar-refractivity contribution in [2.45, 2.75) is 0 Å². The molecule has 0 aromatic heterocycles. The molecule has 0 unspecified atom stereocenters. The summed E-state index contributed by atoms with van der Waals surface area (Å²) in [7, 11) is -2.09. The molecule has 0 amide bonds. The molecule has 1 N–H and O–H groups in total. The summed E-state index contributed by atoms with van der Waals surface area (Å²) in [6.45, 7) is 0. The van der Waals surface area contributed by atoms with Gasteiger partial charge in [-0.25, -0.2) is 9.25 Å². The van der Waals surface area contributed by atoms with Gasteiger partial charge in [0.1, 0.15) is 16.3 Å². The van der Waals surface area contributed by atoms with Crippen LogP contribution in [0.3, 0.4) is 0 Å². The van der Waals surface area contributed by atoms with Crippen LogP contribution in [0, 0.1) is 0 Å². The van der Waals surface area contributed by atoms with Gasteiger partial charge in [-0.3, -0.25) is 0 Å². The minimum Gasteiger partial charge on any atom is -0.245 e. The van der Waals surface area contributed by atoms with Gasteiger partial charge in [-0.2, -0.15) is 0 Å². The third-order valence-corrected chi connectivity index (χ3v) is 7.80. The molecule has 0 fully saturated rings. The molecule has 29 heavy (non-hydrogen) atoms. The second-order valence-corrected chi connectivity index (χ2v) is 9.81. The standard InChI is InChI=1S/C24H21NO2P2/c1-5-13-21(14-6-1)28(22-15-7-2-8-16-22)26-25-27-29(23-17-9-3-10-18-23)24-19-11-4-12-20-24/h1-20,25H. The zero-order valence-electron chi connectivity index (χ0n) is 15.8. The fraction of sp³-hybridized carbons (Fsp3) is 0. The Morgan fingerprint density at radius 2 is 0.621 bits per heavy atom. The fourth-order valence-electron chi connectivity index (χ4n) is 2.85. The zero-order valence-corrected chi connectivity index (χ0v) is 17.5. The molecular weight excluding hydrogens is 396 g/mol. The van der Waals surface area contributed by atoms with Crippen molar-refractivity contribution in [2.75, 3.05) is 0 Å². The third-order valence-electron chi connectivity index (χ3n) is 4.22. The van der Waals surface area contributed by atoms with Crippen LogP contribution in [0.1, 0.15) is 0 Å². The fourth-order valence-corrected chi connectivity index (χ4v) is 5.93. The molecule has 5 heteroatoms. The molecule has 144 valence electrons. The van der Waals surface area contributed by atoms with Gasteiger partial charge in [0, 0.05) is 21.2 Å². The van der Waals surface area contributed by atoms with Gasteiger partial charge in [0.2, 0.25) is 0 Å². The lowest BCUT2D eigenvalue weighted by Crippen LogP contribution is -2.23. The lowest BCUT2D eigenvalue weighted by molar-refractivity contribution is 0.00595. The van der Waals surface area contributed by atoms with E-state index in [9.17, 15) is 0 Å². The first-order chi connectivity index (χ1) is 14.4. The van der Waals surface area contributed by atoms with E-state index in [1.807, 2.05) is 72.8 Å². The van der Waals surface area contributed by atoms with Crippen LogP contribution in [-0.4, -0.2) is 0 Å². The van der Waals surface area contributed by atoms with Crippen LogP contribution >= 0.6 is 16.3 Å². The first-order valence-corrected chi connectivity index (χ1v) is 11.8. The highest BCUT2D eigenvalue weighted by Gasteiger charge is 2.19. The molecule has 4 rings (SSSR count). The molecule has 0 aliphatic heterocycles. The highest BCUT2D eigenvalue weighted by Crippen LogP contribution is 2.37. The lowest BCUT2D eigenvalue weighted by atomic mass is 10.4. The van der Waals surface area contributed by atoms with Crippen molar-refractivity contribution in [2.24, 2.45) is 0 Å². The van der Waals surface area contributed by atoms with Crippen molar-refractivity contribution in [3.63, 3.8) is 0 Å². The first kappa shape index (κ1) is 19.9. The van der Waals surface area contributed by atoms with E-state index in [0.717, 1.165) is 21.2 Å². The van der Waals surface area contributed by atoms with E-state index in [1.165, 1.54) is 0 Å². The van der Waals surface area contributed by atoms with Gasteiger partial charge in [-0.1, -0.05) is 127 Å². The van der Waals surface area contributed by atoms with Crippen LogP contribution in [0.5, 0.6) is 0 Å². The average Bonchev–Trinajstić information content (AvgIpc) is 2.81. The van der Waals surface area contributed by atoms with E-state index >= 15 is 0 Å². The minimum atomic E-state index is -1.05. The molecule has 0 bridgehead atoms. The smallest absolute Gasteiger partial charge is 0.120 e. The molecule has 0 saturated carbocycles. The average molecular weight is 417 g/mol. The molecule has 0 spiro atoms. The summed E-state index contributed by atoms with van der Waals surface area (Å²) in [5, 5.41) is 4.48. The monoisotopic (exact) mass is 417 g/mol. The topological polar surface area (TPSA) is 30.5 Å². The van der Waals surface area contributed by atoms with Gasteiger partial charge in [-0.05, 0) is 0 Å². The first-order valence-electron chi connectivity index (χ1n) is 9.31. The van der Waals surface area contributed by atoms with Crippen LogP contribution in [0.25, 0.3) is 0 Å². The quantitative estimate of drug-likeness (QED) is 0.338. The van der Waals surface area contributed by atoms with Gasteiger partial charge in [0.15, 0.2) is 0 Å². The maximum atomic E-state index is 6.10. The summed E-state index contributed by atoms with van der Waals surface area (Å²) in [6, 6.07) is 40.9. The van der Waals surface area contributed by atoms with Crippen LogP contribution in [-0.2, 0) is 9.25 Å². The molecule has 0 aliphatic carbocycles. The highest BCUT2D eigenvalue weighted by atomic mass is 31.1. The number of benzene rings is 4. The predicted octanol–water partition coefficient (Wildman–Crippen LogP) is 4.54. The molecule has 0 atom stereocenters. The Morgan fingerprint density at radius 3 is 0.862 bits per heavy atom. The minimum absolute atomic E-state index is 1.05. The number of hydrogen-bond donors (Lipinski definition) is 1. The van der Waals surface area contributed by atoms with Crippen LogP contribution in [0.2, 0.25) is 0 Å². The summed E-state index contributed by atoms with van der Waals surface area (Å²) in [6.07, 6.45) is 0. The lowest BCUT2D eigenvalue weighted by Gasteiger charge is -2.22. The van der Waals surface area contributed by atoms with Gasteiger partial charge < -0.3 is 0 Å². The second-order valence-electron chi connectivity index (χ2n) is 6.20. The largest absolute Gasteiger partial charge is 0.245 e. The van der Waals surface area contributed by atoms with E-state index in [0.29, 0.717) is 0 Å². The second kappa shape index (κ2) is 10.4. The Bertz CT molecular complexity index is 824. The Hall–Kier alpha value is -2.38. The molecule has 0 radical (unpaired) electrons. The Labute approximate surface area is 173 Å². The summed E-state index contributed by atoms with van der Waals surface area (Å²) >= 11 is 0. The summed E-state index contributed by atoms with van der Waals surface area (Å²) in [5.74, 6) is 0. The van der Waals surface area contributed by atoms with Crippen LogP contribution < -0.4 is 26.9 Å². The van der Waals surface area contributed by atoms with Crippen molar-refractivity contribution in [3.05, 3.63) is 121 Å². The van der Waals surface area contributed by atoms with E-state index in [1.54, 1.807) is 0 Å². The summed E-state index contributed by atoms with van der Waals surface area (Å²) in [4.78, 5) is 0. The number of hydrogen-bond acceptors (Lipinski definition) is 3. The van der Waals surface area contributed by atoms with Crippen molar-refractivity contribution < 1.29 is 9.25 Å². The molecule has 0 aliphatic rings. The molecule has 3 nitrogen and oxygen atoms in total. The summed E-state index contributed by atoms with van der Waals surface area (Å²) in [5.41, 5.74) is 2.84. The Kier molecular flexibility index (Phi) is 7.15. The Balaban J connectivity index is 1.53. The van der Waals surface area contributed by atoms with Crippen molar-refractivity contribution in [1.29, 1.82) is 0 Å². The van der Waals surface area contributed by atoms with E-state index in [-0.39, 0.29) is 0 Å². The van der Waals surface area contributed by atoms with Crippen LogP contribution in [0.15, 0.2) is 121 Å². The van der Waals surface area contributed by atoms with Crippen molar-refractivity contribution in [3.8, 4) is 0 Å². The third kappa shape index (κ3) is 5.36. The highest BCUT2D eigenvalue weighted by molar-refractivity contribution is 7.69. The molecule has 4 aromatic rings. The van der Waals surface area contributed by atoms with Crippen molar-refractivity contribution >= 4 is 37.5 Å². The van der Waals surface area contributed by atoms with Gasteiger partial charge in [-0.15, -0.1) is 0 Å². The predicted molar refractivity (Wildman–Crippen MR) is 123 cm³/mol. The number of nitrogens with one attached hydrogen (secondary N) is 1.